The van der Waals surface area contributed by atoms with E-state index in [-0.39, 0.29) is 18.1 Å². The van der Waals surface area contributed by atoms with E-state index in [0.29, 0.717) is 23.7 Å². The highest BCUT2D eigenvalue weighted by Crippen LogP contribution is 2.32. The second-order valence-corrected chi connectivity index (χ2v) is 7.59. The van der Waals surface area contributed by atoms with Gasteiger partial charge in [0.2, 0.25) is 11.8 Å². The van der Waals surface area contributed by atoms with E-state index in [1.54, 1.807) is 4.68 Å². The van der Waals surface area contributed by atoms with Crippen LogP contribution in [0.2, 0.25) is 0 Å². The van der Waals surface area contributed by atoms with Crippen LogP contribution >= 0.6 is 0 Å². The molecular weight excluding hydrogens is 405 g/mol. The van der Waals surface area contributed by atoms with Gasteiger partial charge in [0.15, 0.2) is 0 Å². The Balaban J connectivity index is 1.59. The van der Waals surface area contributed by atoms with Crippen molar-refractivity contribution in [2.75, 3.05) is 5.32 Å². The minimum Gasteiger partial charge on any atom is -0.439 e. The first-order valence-corrected chi connectivity index (χ1v) is 10.4. The van der Waals surface area contributed by atoms with E-state index >= 15 is 0 Å². The van der Waals surface area contributed by atoms with Crippen LogP contribution in [-0.2, 0) is 11.2 Å². The number of carbonyl (C=O) groups is 1. The van der Waals surface area contributed by atoms with Crippen molar-refractivity contribution in [3.05, 3.63) is 102 Å². The molecule has 1 N–H and O–H groups in total. The van der Waals surface area contributed by atoms with Crippen LogP contribution in [0.3, 0.4) is 0 Å². The van der Waals surface area contributed by atoms with Gasteiger partial charge in [-0.05, 0) is 74.4 Å². The fourth-order valence-corrected chi connectivity index (χ4v) is 3.46. The van der Waals surface area contributed by atoms with Gasteiger partial charge in [0.05, 0.1) is 11.4 Å². The molecule has 0 unspecified atom stereocenters. The lowest BCUT2D eigenvalue weighted by Gasteiger charge is -2.12. The Bertz CT molecular complexity index is 1220. The molecule has 0 saturated heterocycles. The van der Waals surface area contributed by atoms with Gasteiger partial charge >= 0.3 is 0 Å². The summed E-state index contributed by atoms with van der Waals surface area (Å²) in [7, 11) is 0. The highest BCUT2D eigenvalue weighted by atomic mass is 19.1. The largest absolute Gasteiger partial charge is 0.439 e. The topological polar surface area (TPSA) is 56.1 Å². The summed E-state index contributed by atoms with van der Waals surface area (Å²) < 4.78 is 21.1. The zero-order chi connectivity index (χ0) is 22.5. The first-order valence-electron chi connectivity index (χ1n) is 10.4. The van der Waals surface area contributed by atoms with Gasteiger partial charge < -0.3 is 10.1 Å². The molecule has 0 aliphatic carbocycles. The van der Waals surface area contributed by atoms with Crippen molar-refractivity contribution in [2.45, 2.75) is 26.7 Å². The van der Waals surface area contributed by atoms with E-state index in [1.807, 2.05) is 68.4 Å². The molecule has 4 rings (SSSR count). The number of rotatable bonds is 7. The summed E-state index contributed by atoms with van der Waals surface area (Å²) in [5, 5.41) is 7.49. The molecule has 3 aromatic carbocycles. The number of aromatic nitrogens is 2. The van der Waals surface area contributed by atoms with Gasteiger partial charge in [0.1, 0.15) is 11.6 Å². The summed E-state index contributed by atoms with van der Waals surface area (Å²) in [5.41, 5.74) is 4.19. The normalized spacial score (nSPS) is 10.7. The van der Waals surface area contributed by atoms with Crippen LogP contribution in [0.1, 0.15) is 23.2 Å². The SMILES string of the molecule is Cc1cccc(Oc2c(CCC(=O)Nc3ccc(F)cc3)c(C)nn2-c2ccccc2)c1. The molecule has 5 nitrogen and oxygen atoms in total. The van der Waals surface area contributed by atoms with Gasteiger partial charge in [0, 0.05) is 17.7 Å². The summed E-state index contributed by atoms with van der Waals surface area (Å²) in [4.78, 5) is 12.5. The highest BCUT2D eigenvalue weighted by molar-refractivity contribution is 5.90. The third-order valence-electron chi connectivity index (χ3n) is 5.07. The third kappa shape index (κ3) is 5.03. The molecule has 0 spiro atoms. The average molecular weight is 429 g/mol. The predicted octanol–water partition coefficient (Wildman–Crippen LogP) is 5.99. The molecular formula is C26H24FN3O2. The number of carbonyl (C=O) groups excluding carboxylic acids is 1. The van der Waals surface area contributed by atoms with E-state index in [2.05, 4.69) is 10.4 Å². The zero-order valence-electron chi connectivity index (χ0n) is 18.0. The number of nitrogens with zero attached hydrogens (tertiary/aromatic N) is 2. The van der Waals surface area contributed by atoms with Crippen LogP contribution in [0.25, 0.3) is 5.69 Å². The number of nitrogens with one attached hydrogen (secondary N) is 1. The quantitative estimate of drug-likeness (QED) is 0.392. The van der Waals surface area contributed by atoms with Crippen molar-refractivity contribution in [2.24, 2.45) is 0 Å². The molecule has 0 fully saturated rings. The number of halogens is 1. The minimum absolute atomic E-state index is 0.162. The molecule has 1 heterocycles. The Morgan fingerprint density at radius 3 is 2.47 bits per heavy atom. The van der Waals surface area contributed by atoms with E-state index < -0.39 is 0 Å². The highest BCUT2D eigenvalue weighted by Gasteiger charge is 2.20. The number of aryl methyl sites for hydroxylation is 2. The van der Waals surface area contributed by atoms with Crippen LogP contribution < -0.4 is 10.1 Å². The molecule has 0 aliphatic heterocycles. The van der Waals surface area contributed by atoms with Gasteiger partial charge in [-0.3, -0.25) is 4.79 Å². The third-order valence-corrected chi connectivity index (χ3v) is 5.07. The molecule has 1 amide bonds. The van der Waals surface area contributed by atoms with Crippen molar-refractivity contribution in [3.63, 3.8) is 0 Å². The Kier molecular flexibility index (Phi) is 6.31. The van der Waals surface area contributed by atoms with Crippen molar-refractivity contribution < 1.29 is 13.9 Å². The van der Waals surface area contributed by atoms with Crippen molar-refractivity contribution in [1.82, 2.24) is 9.78 Å². The Morgan fingerprint density at radius 1 is 1.00 bits per heavy atom. The second-order valence-electron chi connectivity index (χ2n) is 7.59. The van der Waals surface area contributed by atoms with Crippen LogP contribution in [0, 0.1) is 19.7 Å². The lowest BCUT2D eigenvalue weighted by molar-refractivity contribution is -0.116. The zero-order valence-corrected chi connectivity index (χ0v) is 18.0. The number of ether oxygens (including phenoxy) is 1. The molecule has 0 atom stereocenters. The van der Waals surface area contributed by atoms with Gasteiger partial charge in [-0.2, -0.15) is 5.10 Å². The monoisotopic (exact) mass is 429 g/mol. The number of anilines is 1. The fourth-order valence-electron chi connectivity index (χ4n) is 3.46. The van der Waals surface area contributed by atoms with Crippen LogP contribution in [0.15, 0.2) is 78.9 Å². The van der Waals surface area contributed by atoms with Crippen molar-refractivity contribution in [3.8, 4) is 17.3 Å². The van der Waals surface area contributed by atoms with Crippen molar-refractivity contribution in [1.29, 1.82) is 0 Å². The molecule has 4 aromatic rings. The maximum atomic E-state index is 13.1. The van der Waals surface area contributed by atoms with Gasteiger partial charge in [-0.25, -0.2) is 9.07 Å². The van der Waals surface area contributed by atoms with Crippen LogP contribution in [0.4, 0.5) is 10.1 Å². The smallest absolute Gasteiger partial charge is 0.226 e. The summed E-state index contributed by atoms with van der Waals surface area (Å²) in [6.45, 7) is 3.92. The second kappa shape index (κ2) is 9.47. The lowest BCUT2D eigenvalue weighted by Crippen LogP contribution is -2.12. The summed E-state index contributed by atoms with van der Waals surface area (Å²) in [6, 6.07) is 23.3. The molecule has 0 aliphatic rings. The minimum atomic E-state index is -0.343. The Hall–Kier alpha value is -3.93. The maximum absolute atomic E-state index is 13.1. The summed E-state index contributed by atoms with van der Waals surface area (Å²) >= 11 is 0. The number of benzene rings is 3. The average Bonchev–Trinajstić information content (AvgIpc) is 3.09. The van der Waals surface area contributed by atoms with E-state index in [9.17, 15) is 9.18 Å². The first kappa shape index (κ1) is 21.3. The predicted molar refractivity (Wildman–Crippen MR) is 123 cm³/mol. The fraction of sp³-hybridized carbons (Fsp3) is 0.154. The molecule has 1 aromatic heterocycles. The number of hydrogen-bond acceptors (Lipinski definition) is 3. The molecule has 0 radical (unpaired) electrons. The molecule has 162 valence electrons. The van der Waals surface area contributed by atoms with Crippen molar-refractivity contribution >= 4 is 11.6 Å². The Labute approximate surface area is 186 Å². The standard InChI is InChI=1S/C26H24FN3O2/c1-18-7-6-10-23(17-18)32-26-24(19(2)29-30(26)22-8-4-3-5-9-22)15-16-25(31)28-21-13-11-20(27)12-14-21/h3-14,17H,15-16H2,1-2H3,(H,28,31). The first-order chi connectivity index (χ1) is 15.5. The number of para-hydroxylation sites is 1. The number of amides is 1. The maximum Gasteiger partial charge on any atom is 0.226 e. The van der Waals surface area contributed by atoms with Crippen LogP contribution in [0.5, 0.6) is 11.6 Å². The van der Waals surface area contributed by atoms with Gasteiger partial charge in [0.25, 0.3) is 0 Å². The van der Waals surface area contributed by atoms with Gasteiger partial charge in [-0.15, -0.1) is 0 Å². The summed E-state index contributed by atoms with van der Waals surface area (Å²) in [5.74, 6) is 0.794. The van der Waals surface area contributed by atoms with E-state index in [1.165, 1.54) is 24.3 Å². The summed E-state index contributed by atoms with van der Waals surface area (Å²) in [6.07, 6.45) is 0.690. The molecule has 6 heteroatoms. The molecule has 0 bridgehead atoms. The van der Waals surface area contributed by atoms with Crippen LogP contribution in [-0.4, -0.2) is 15.7 Å². The van der Waals surface area contributed by atoms with Gasteiger partial charge in [-0.1, -0.05) is 30.3 Å². The Morgan fingerprint density at radius 2 is 1.75 bits per heavy atom. The number of hydrogen-bond donors (Lipinski definition) is 1. The van der Waals surface area contributed by atoms with E-state index in [4.69, 9.17) is 4.74 Å². The van der Waals surface area contributed by atoms with E-state index in [0.717, 1.165) is 22.5 Å². The molecule has 32 heavy (non-hydrogen) atoms. The lowest BCUT2D eigenvalue weighted by atomic mass is 10.1. The molecule has 0 saturated carbocycles.